The number of allylic oxidation sites excluding steroid dienone is 1. The standard InChI is InChI=1S/C12H13BrFN/c13-11-9(6-3-7-10(11)14)12(15)8-4-1-2-5-8/h3-4,6-7,12H,1-2,5,15H2. The molecule has 1 aromatic carbocycles. The molecule has 0 aliphatic heterocycles. The van der Waals surface area contributed by atoms with Gasteiger partial charge in [0, 0.05) is 0 Å². The Morgan fingerprint density at radius 1 is 1.40 bits per heavy atom. The molecule has 1 atom stereocenters. The van der Waals surface area contributed by atoms with Crippen LogP contribution < -0.4 is 5.73 Å². The summed E-state index contributed by atoms with van der Waals surface area (Å²) < 4.78 is 13.8. The van der Waals surface area contributed by atoms with Crippen LogP contribution in [0.15, 0.2) is 34.3 Å². The smallest absolute Gasteiger partial charge is 0.137 e. The Hall–Kier alpha value is -0.670. The Labute approximate surface area is 97.3 Å². The summed E-state index contributed by atoms with van der Waals surface area (Å²) in [6.07, 6.45) is 5.46. The molecule has 15 heavy (non-hydrogen) atoms. The molecule has 0 amide bonds. The average molecular weight is 270 g/mol. The molecule has 0 radical (unpaired) electrons. The molecule has 1 aliphatic carbocycles. The third kappa shape index (κ3) is 2.13. The normalized spacial score (nSPS) is 17.7. The minimum atomic E-state index is -0.249. The van der Waals surface area contributed by atoms with E-state index >= 15 is 0 Å². The Balaban J connectivity index is 2.32. The largest absolute Gasteiger partial charge is 0.321 e. The van der Waals surface area contributed by atoms with Crippen LogP contribution in [0, 0.1) is 5.82 Å². The zero-order valence-electron chi connectivity index (χ0n) is 8.34. The molecule has 0 heterocycles. The van der Waals surface area contributed by atoms with Crippen molar-refractivity contribution in [2.45, 2.75) is 25.3 Å². The van der Waals surface area contributed by atoms with Crippen LogP contribution in [-0.4, -0.2) is 0 Å². The highest BCUT2D eigenvalue weighted by Crippen LogP contribution is 2.33. The molecular weight excluding hydrogens is 257 g/mol. The number of hydrogen-bond donors (Lipinski definition) is 1. The number of hydrogen-bond acceptors (Lipinski definition) is 1. The van der Waals surface area contributed by atoms with Crippen LogP contribution in [0.1, 0.15) is 30.9 Å². The summed E-state index contributed by atoms with van der Waals surface area (Å²) in [4.78, 5) is 0. The molecule has 0 aromatic heterocycles. The van der Waals surface area contributed by atoms with E-state index in [0.717, 1.165) is 24.8 Å². The Morgan fingerprint density at radius 2 is 2.20 bits per heavy atom. The Kier molecular flexibility index (Phi) is 3.22. The second-order valence-electron chi connectivity index (χ2n) is 3.79. The van der Waals surface area contributed by atoms with Crippen molar-refractivity contribution >= 4 is 15.9 Å². The van der Waals surface area contributed by atoms with Crippen LogP contribution in [0.3, 0.4) is 0 Å². The SMILES string of the molecule is NC(C1=CCCC1)c1cccc(F)c1Br. The Morgan fingerprint density at radius 3 is 2.87 bits per heavy atom. The fraction of sp³-hybridized carbons (Fsp3) is 0.333. The van der Waals surface area contributed by atoms with Crippen LogP contribution >= 0.6 is 15.9 Å². The van der Waals surface area contributed by atoms with Gasteiger partial charge >= 0.3 is 0 Å². The molecule has 0 saturated carbocycles. The second-order valence-corrected chi connectivity index (χ2v) is 4.58. The first kappa shape index (κ1) is 10.8. The summed E-state index contributed by atoms with van der Waals surface area (Å²) in [6, 6.07) is 4.84. The van der Waals surface area contributed by atoms with Gasteiger partial charge in [0.2, 0.25) is 0 Å². The molecule has 0 saturated heterocycles. The molecule has 0 spiro atoms. The topological polar surface area (TPSA) is 26.0 Å². The van der Waals surface area contributed by atoms with Gasteiger partial charge in [0.25, 0.3) is 0 Å². The van der Waals surface area contributed by atoms with Gasteiger partial charge in [-0.25, -0.2) is 4.39 Å². The highest BCUT2D eigenvalue weighted by molar-refractivity contribution is 9.10. The molecule has 1 nitrogen and oxygen atoms in total. The van der Waals surface area contributed by atoms with Gasteiger partial charge in [-0.05, 0) is 46.8 Å². The van der Waals surface area contributed by atoms with E-state index in [1.165, 1.54) is 11.6 Å². The lowest BCUT2D eigenvalue weighted by Crippen LogP contribution is -2.13. The van der Waals surface area contributed by atoms with Gasteiger partial charge in [-0.3, -0.25) is 0 Å². The van der Waals surface area contributed by atoms with E-state index < -0.39 is 0 Å². The van der Waals surface area contributed by atoms with Crippen molar-refractivity contribution in [3.63, 3.8) is 0 Å². The lowest BCUT2D eigenvalue weighted by Gasteiger charge is -2.15. The van der Waals surface area contributed by atoms with Crippen molar-refractivity contribution in [2.24, 2.45) is 5.73 Å². The van der Waals surface area contributed by atoms with E-state index in [4.69, 9.17) is 5.73 Å². The van der Waals surface area contributed by atoms with Crippen molar-refractivity contribution in [2.75, 3.05) is 0 Å². The third-order valence-corrected chi connectivity index (χ3v) is 3.63. The molecule has 2 N–H and O–H groups in total. The molecule has 0 bridgehead atoms. The van der Waals surface area contributed by atoms with Crippen molar-refractivity contribution in [1.29, 1.82) is 0 Å². The van der Waals surface area contributed by atoms with Gasteiger partial charge in [0.15, 0.2) is 0 Å². The first-order chi connectivity index (χ1) is 7.20. The third-order valence-electron chi connectivity index (χ3n) is 2.79. The maximum absolute atomic E-state index is 13.3. The summed E-state index contributed by atoms with van der Waals surface area (Å²) in [6.45, 7) is 0. The fourth-order valence-corrected chi connectivity index (χ4v) is 2.45. The van der Waals surface area contributed by atoms with E-state index in [-0.39, 0.29) is 11.9 Å². The number of benzene rings is 1. The predicted octanol–water partition coefficient (Wildman–Crippen LogP) is 3.70. The molecule has 3 heteroatoms. The van der Waals surface area contributed by atoms with E-state index in [0.29, 0.717) is 4.47 Å². The summed E-state index contributed by atoms with van der Waals surface area (Å²) >= 11 is 3.25. The minimum Gasteiger partial charge on any atom is -0.321 e. The summed E-state index contributed by atoms with van der Waals surface area (Å²) in [5.74, 6) is -0.249. The van der Waals surface area contributed by atoms with E-state index in [2.05, 4.69) is 22.0 Å². The number of nitrogens with two attached hydrogens (primary N) is 1. The lowest BCUT2D eigenvalue weighted by molar-refractivity contribution is 0.615. The van der Waals surface area contributed by atoms with E-state index in [1.807, 2.05) is 6.07 Å². The van der Waals surface area contributed by atoms with Gasteiger partial charge in [-0.1, -0.05) is 23.8 Å². The Bertz CT molecular complexity index is 401. The van der Waals surface area contributed by atoms with Crippen molar-refractivity contribution < 1.29 is 4.39 Å². The maximum Gasteiger partial charge on any atom is 0.137 e. The van der Waals surface area contributed by atoms with E-state index in [9.17, 15) is 4.39 Å². The van der Waals surface area contributed by atoms with Crippen LogP contribution in [0.5, 0.6) is 0 Å². The zero-order chi connectivity index (χ0) is 10.8. The second kappa shape index (κ2) is 4.45. The quantitative estimate of drug-likeness (QED) is 0.815. The zero-order valence-corrected chi connectivity index (χ0v) is 9.93. The van der Waals surface area contributed by atoms with Crippen molar-refractivity contribution in [1.82, 2.24) is 0 Å². The molecule has 1 aromatic rings. The highest BCUT2D eigenvalue weighted by atomic mass is 79.9. The average Bonchev–Trinajstić information content (AvgIpc) is 2.74. The molecule has 80 valence electrons. The number of rotatable bonds is 2. The summed E-state index contributed by atoms with van der Waals surface area (Å²) in [7, 11) is 0. The van der Waals surface area contributed by atoms with E-state index in [1.54, 1.807) is 6.07 Å². The monoisotopic (exact) mass is 269 g/mol. The van der Waals surface area contributed by atoms with Gasteiger partial charge < -0.3 is 5.73 Å². The van der Waals surface area contributed by atoms with Crippen LogP contribution in [0.2, 0.25) is 0 Å². The fourth-order valence-electron chi connectivity index (χ4n) is 1.94. The maximum atomic E-state index is 13.3. The molecule has 1 aliphatic rings. The van der Waals surface area contributed by atoms with Crippen molar-refractivity contribution in [3.05, 3.63) is 45.7 Å². The molecule has 2 rings (SSSR count). The van der Waals surface area contributed by atoms with Crippen LogP contribution in [0.4, 0.5) is 4.39 Å². The van der Waals surface area contributed by atoms with Gasteiger partial charge in [-0.15, -0.1) is 0 Å². The van der Waals surface area contributed by atoms with Gasteiger partial charge in [0.1, 0.15) is 5.82 Å². The van der Waals surface area contributed by atoms with Crippen molar-refractivity contribution in [3.8, 4) is 0 Å². The summed E-state index contributed by atoms with van der Waals surface area (Å²) in [5.41, 5.74) is 8.16. The van der Waals surface area contributed by atoms with Crippen LogP contribution in [0.25, 0.3) is 0 Å². The van der Waals surface area contributed by atoms with Gasteiger partial charge in [-0.2, -0.15) is 0 Å². The minimum absolute atomic E-state index is 0.169. The van der Waals surface area contributed by atoms with Crippen LogP contribution in [-0.2, 0) is 0 Å². The molecular formula is C12H13BrFN. The lowest BCUT2D eigenvalue weighted by atomic mass is 9.99. The summed E-state index contributed by atoms with van der Waals surface area (Å²) in [5, 5.41) is 0. The molecule has 1 unspecified atom stereocenters. The number of halogens is 2. The molecule has 0 fully saturated rings. The predicted molar refractivity (Wildman–Crippen MR) is 63.0 cm³/mol. The first-order valence-electron chi connectivity index (χ1n) is 5.08. The highest BCUT2D eigenvalue weighted by Gasteiger charge is 2.18. The first-order valence-corrected chi connectivity index (χ1v) is 5.88. The van der Waals surface area contributed by atoms with Gasteiger partial charge in [0.05, 0.1) is 10.5 Å².